The number of rotatable bonds is 10. The van der Waals surface area contributed by atoms with Gasteiger partial charge in [-0.2, -0.15) is 0 Å². The summed E-state index contributed by atoms with van der Waals surface area (Å²) in [5, 5.41) is 2.95. The number of nitrogens with one attached hydrogen (secondary N) is 1. The van der Waals surface area contributed by atoms with Gasteiger partial charge >= 0.3 is 0 Å². The van der Waals surface area contributed by atoms with Gasteiger partial charge in [0.2, 0.25) is 21.8 Å². The van der Waals surface area contributed by atoms with Crippen LogP contribution in [-0.2, 0) is 32.6 Å². The summed E-state index contributed by atoms with van der Waals surface area (Å²) in [6, 6.07) is 19.5. The maximum absolute atomic E-state index is 14.8. The highest BCUT2D eigenvalue weighted by Crippen LogP contribution is 2.23. The molecule has 2 amide bonds. The molecule has 0 bridgehead atoms. The predicted molar refractivity (Wildman–Crippen MR) is 157 cm³/mol. The molecule has 0 unspecified atom stereocenters. The first-order valence-corrected chi connectivity index (χ1v) is 14.9. The van der Waals surface area contributed by atoms with Gasteiger partial charge in [0.05, 0.1) is 11.9 Å². The quantitative estimate of drug-likeness (QED) is 0.383. The van der Waals surface area contributed by atoms with Crippen molar-refractivity contribution < 1.29 is 22.4 Å². The van der Waals surface area contributed by atoms with Gasteiger partial charge < -0.3 is 10.2 Å². The lowest BCUT2D eigenvalue weighted by Crippen LogP contribution is -2.56. The van der Waals surface area contributed by atoms with Gasteiger partial charge in [-0.25, -0.2) is 12.8 Å². The number of carbonyl (C=O) groups is 2. The fourth-order valence-corrected chi connectivity index (χ4v) is 5.36. The minimum absolute atomic E-state index is 0.158. The van der Waals surface area contributed by atoms with Gasteiger partial charge in [0, 0.05) is 24.1 Å². The van der Waals surface area contributed by atoms with Crippen LogP contribution in [0.4, 0.5) is 10.1 Å². The lowest BCUT2D eigenvalue weighted by atomic mass is 10.0. The summed E-state index contributed by atoms with van der Waals surface area (Å²) in [5.41, 5.74) is 2.44. The number of benzene rings is 3. The molecular weight excluding hydrogens is 529 g/mol. The van der Waals surface area contributed by atoms with Crippen LogP contribution in [-0.4, -0.2) is 49.5 Å². The van der Waals surface area contributed by atoms with E-state index in [1.807, 2.05) is 71.0 Å². The van der Waals surface area contributed by atoms with E-state index < -0.39 is 45.8 Å². The minimum atomic E-state index is -3.88. The molecule has 7 nitrogen and oxygen atoms in total. The first-order valence-electron chi connectivity index (χ1n) is 13.1. The van der Waals surface area contributed by atoms with Crippen molar-refractivity contribution in [2.24, 2.45) is 0 Å². The van der Waals surface area contributed by atoms with Gasteiger partial charge in [-0.05, 0) is 69.5 Å². The Labute approximate surface area is 237 Å². The van der Waals surface area contributed by atoms with Crippen molar-refractivity contribution in [3.63, 3.8) is 0 Å². The smallest absolute Gasteiger partial charge is 0.244 e. The molecule has 9 heteroatoms. The Morgan fingerprint density at radius 2 is 1.50 bits per heavy atom. The van der Waals surface area contributed by atoms with Crippen molar-refractivity contribution in [2.75, 3.05) is 17.1 Å². The van der Waals surface area contributed by atoms with Crippen LogP contribution in [0.2, 0.25) is 0 Å². The molecular formula is C31H38FN3O4S. The number of nitrogens with zero attached hydrogens (tertiary/aromatic N) is 2. The van der Waals surface area contributed by atoms with Gasteiger partial charge in [-0.3, -0.25) is 13.9 Å². The third kappa shape index (κ3) is 8.64. The fraction of sp³-hybridized carbons (Fsp3) is 0.355. The summed E-state index contributed by atoms with van der Waals surface area (Å²) in [4.78, 5) is 29.1. The van der Waals surface area contributed by atoms with Crippen LogP contribution in [0.5, 0.6) is 0 Å². The standard InChI is InChI=1S/C31H38FN3O4S/c1-22-16-23(2)18-26(17-22)35(40(6,38)39)21-29(36)34(20-25-14-10-11-15-27(25)32)28(30(37)33-31(3,4)5)19-24-12-8-7-9-13-24/h7-18,28H,19-21H2,1-6H3,(H,33,37)/t28-/m0/s1. The van der Waals surface area contributed by atoms with E-state index in [0.717, 1.165) is 27.3 Å². The van der Waals surface area contributed by atoms with Crippen LogP contribution in [0.15, 0.2) is 72.8 Å². The summed E-state index contributed by atoms with van der Waals surface area (Å²) in [6.07, 6.45) is 1.19. The third-order valence-corrected chi connectivity index (χ3v) is 7.38. The monoisotopic (exact) mass is 567 g/mol. The normalized spacial score (nSPS) is 12.5. The summed E-state index contributed by atoms with van der Waals surface area (Å²) in [6.45, 7) is 8.41. The van der Waals surface area contributed by atoms with E-state index in [-0.39, 0.29) is 18.5 Å². The molecule has 0 aromatic heterocycles. The van der Waals surface area contributed by atoms with E-state index in [2.05, 4.69) is 5.32 Å². The van der Waals surface area contributed by atoms with Gasteiger partial charge in [0.1, 0.15) is 18.4 Å². The molecule has 3 rings (SSSR count). The molecule has 3 aromatic carbocycles. The van der Waals surface area contributed by atoms with Crippen molar-refractivity contribution in [3.8, 4) is 0 Å². The topological polar surface area (TPSA) is 86.8 Å². The Balaban J connectivity index is 2.10. The second-order valence-electron chi connectivity index (χ2n) is 11.2. The van der Waals surface area contributed by atoms with E-state index >= 15 is 0 Å². The third-order valence-electron chi connectivity index (χ3n) is 6.24. The Morgan fingerprint density at radius 1 is 0.925 bits per heavy atom. The van der Waals surface area contributed by atoms with Crippen molar-refractivity contribution in [1.29, 1.82) is 0 Å². The highest BCUT2D eigenvalue weighted by atomic mass is 32.2. The Bertz CT molecular complexity index is 1430. The number of anilines is 1. The van der Waals surface area contributed by atoms with Crippen molar-refractivity contribution >= 4 is 27.5 Å². The predicted octanol–water partition coefficient (Wildman–Crippen LogP) is 4.76. The van der Waals surface area contributed by atoms with Crippen molar-refractivity contribution in [2.45, 2.75) is 59.2 Å². The lowest BCUT2D eigenvalue weighted by molar-refractivity contribution is -0.140. The van der Waals surface area contributed by atoms with Gasteiger partial charge in [0.15, 0.2) is 0 Å². The molecule has 3 aromatic rings. The SMILES string of the molecule is Cc1cc(C)cc(N(CC(=O)N(Cc2ccccc2F)[C@@H](Cc2ccccc2)C(=O)NC(C)(C)C)S(C)(=O)=O)c1. The molecule has 0 aliphatic heterocycles. The molecule has 0 heterocycles. The summed E-state index contributed by atoms with van der Waals surface area (Å²) >= 11 is 0. The average Bonchev–Trinajstić information content (AvgIpc) is 2.83. The Hall–Kier alpha value is -3.72. The average molecular weight is 568 g/mol. The second-order valence-corrected chi connectivity index (χ2v) is 13.1. The largest absolute Gasteiger partial charge is 0.350 e. The van der Waals surface area contributed by atoms with Gasteiger partial charge in [0.25, 0.3) is 0 Å². The number of hydrogen-bond acceptors (Lipinski definition) is 4. The van der Waals surface area contributed by atoms with Crippen LogP contribution in [0.3, 0.4) is 0 Å². The molecule has 1 atom stereocenters. The number of amides is 2. The lowest BCUT2D eigenvalue weighted by Gasteiger charge is -2.35. The summed E-state index contributed by atoms with van der Waals surface area (Å²) in [7, 11) is -3.88. The first-order chi connectivity index (χ1) is 18.6. The van der Waals surface area contributed by atoms with Crippen molar-refractivity contribution in [3.05, 3.63) is 101 Å². The first kappa shape index (κ1) is 30.8. The molecule has 0 aliphatic carbocycles. The Kier molecular flexibility index (Phi) is 9.73. The number of halogens is 1. The zero-order valence-corrected chi connectivity index (χ0v) is 24.8. The molecule has 0 saturated heterocycles. The summed E-state index contributed by atoms with van der Waals surface area (Å²) < 4.78 is 41.7. The molecule has 0 spiro atoms. The van der Waals surface area contributed by atoms with Crippen LogP contribution < -0.4 is 9.62 Å². The molecule has 0 radical (unpaired) electrons. The zero-order valence-electron chi connectivity index (χ0n) is 23.9. The minimum Gasteiger partial charge on any atom is -0.350 e. The number of carbonyl (C=O) groups excluding carboxylic acids is 2. The molecule has 40 heavy (non-hydrogen) atoms. The van der Waals surface area contributed by atoms with Crippen LogP contribution in [0.1, 0.15) is 43.0 Å². The second kappa shape index (κ2) is 12.6. The van der Waals surface area contributed by atoms with Gasteiger partial charge in [-0.15, -0.1) is 0 Å². The molecule has 0 fully saturated rings. The zero-order chi connectivity index (χ0) is 29.7. The molecule has 214 valence electrons. The van der Waals surface area contributed by atoms with E-state index in [9.17, 15) is 22.4 Å². The van der Waals surface area contributed by atoms with Gasteiger partial charge in [-0.1, -0.05) is 54.6 Å². The number of sulfonamides is 1. The molecule has 1 N–H and O–H groups in total. The molecule has 0 saturated carbocycles. The van der Waals surface area contributed by atoms with Crippen LogP contribution in [0, 0.1) is 19.7 Å². The number of aryl methyl sites for hydroxylation is 2. The maximum atomic E-state index is 14.8. The number of hydrogen-bond donors (Lipinski definition) is 1. The maximum Gasteiger partial charge on any atom is 0.244 e. The molecule has 0 aliphatic rings. The van der Waals surface area contributed by atoms with E-state index in [0.29, 0.717) is 5.69 Å². The van der Waals surface area contributed by atoms with E-state index in [4.69, 9.17) is 0 Å². The van der Waals surface area contributed by atoms with E-state index in [1.165, 1.54) is 11.0 Å². The van der Waals surface area contributed by atoms with E-state index in [1.54, 1.807) is 30.3 Å². The fourth-order valence-electron chi connectivity index (χ4n) is 4.53. The summed E-state index contributed by atoms with van der Waals surface area (Å²) in [5.74, 6) is -1.57. The van der Waals surface area contributed by atoms with Crippen LogP contribution in [0.25, 0.3) is 0 Å². The highest BCUT2D eigenvalue weighted by molar-refractivity contribution is 7.92. The van der Waals surface area contributed by atoms with Crippen molar-refractivity contribution in [1.82, 2.24) is 10.2 Å². The Morgan fingerprint density at radius 3 is 2.05 bits per heavy atom. The van der Waals surface area contributed by atoms with Crippen LogP contribution >= 0.6 is 0 Å². The highest BCUT2D eigenvalue weighted by Gasteiger charge is 2.34.